The van der Waals surface area contributed by atoms with Crippen molar-refractivity contribution in [3.63, 3.8) is 0 Å². The third-order valence-corrected chi connectivity index (χ3v) is 13.3. The van der Waals surface area contributed by atoms with Gasteiger partial charge in [-0.25, -0.2) is 15.0 Å². The molecule has 0 saturated carbocycles. The highest BCUT2D eigenvalue weighted by molar-refractivity contribution is 7.25. The average Bonchev–Trinajstić information content (AvgIpc) is 4.01. The lowest BCUT2D eigenvalue weighted by molar-refractivity contribution is 1.05. The van der Waals surface area contributed by atoms with Gasteiger partial charge in [0.2, 0.25) is 0 Å². The number of hydrogen-bond acceptors (Lipinski definition) is 5. The molecule has 0 bridgehead atoms. The van der Waals surface area contributed by atoms with Gasteiger partial charge in [0.05, 0.1) is 37.2 Å². The first-order valence-electron chi connectivity index (χ1n) is 21.0. The van der Waals surface area contributed by atoms with Crippen LogP contribution in [0.3, 0.4) is 0 Å². The molecule has 13 aromatic rings. The molecule has 0 saturated heterocycles. The van der Waals surface area contributed by atoms with Gasteiger partial charge in [0.25, 0.3) is 0 Å². The van der Waals surface area contributed by atoms with E-state index in [1.54, 1.807) is 11.3 Å². The number of aromatic nitrogens is 6. The Morgan fingerprint density at radius 3 is 1.73 bits per heavy atom. The number of fused-ring (bicyclic) bond motifs is 9. The molecular weight excluding hydrogens is 789 g/mol. The zero-order valence-electron chi connectivity index (χ0n) is 33.7. The minimum atomic E-state index is 0.690. The summed E-state index contributed by atoms with van der Waals surface area (Å²) in [6, 6.07) is 70.9. The minimum absolute atomic E-state index is 0.690. The maximum atomic E-state index is 5.27. The van der Waals surface area contributed by atoms with E-state index < -0.39 is 0 Å². The molecule has 63 heavy (non-hydrogen) atoms. The molecule has 6 heterocycles. The van der Waals surface area contributed by atoms with Gasteiger partial charge in [0.1, 0.15) is 22.7 Å². The molecule has 0 aliphatic carbocycles. The normalized spacial score (nSPS) is 11.8. The standard InChI is InChI=1S/C56H34N6S/c1-3-13-35(14-4-1)45-34-53(60-56(58-45)36-15-5-2-6-16-36)61-47-22-10-8-20-42(47)44-32-39(25-27-48(44)61)37-17-11-18-38(31-37)40-24-26-43-41-19-7-9-21-46(41)62(49(43)33-40)52-29-28-51-55(59-52)54-50(63-51)23-12-30-57-54/h1-34H. The predicted molar refractivity (Wildman–Crippen MR) is 261 cm³/mol. The van der Waals surface area contributed by atoms with Crippen molar-refractivity contribution in [1.29, 1.82) is 0 Å². The topological polar surface area (TPSA) is 61.4 Å². The quantitative estimate of drug-likeness (QED) is 0.168. The van der Waals surface area contributed by atoms with Crippen molar-refractivity contribution in [2.24, 2.45) is 0 Å². The SMILES string of the molecule is c1ccc(-c2cc(-n3c4ccccc4c4cc(-c5cccc(-c6ccc7c8ccccc8n(-c8ccc9sc%10cccnc%10c9n8)c7c6)c5)ccc43)nc(-c3ccccc3)n2)cc1. The highest BCUT2D eigenvalue weighted by atomic mass is 32.1. The van der Waals surface area contributed by atoms with Crippen molar-refractivity contribution in [2.75, 3.05) is 0 Å². The summed E-state index contributed by atoms with van der Waals surface area (Å²) >= 11 is 1.73. The second-order valence-electron chi connectivity index (χ2n) is 15.9. The molecular formula is C56H34N6S. The highest BCUT2D eigenvalue weighted by Crippen LogP contribution is 2.39. The average molecular weight is 823 g/mol. The Bertz CT molecular complexity index is 3860. The Labute approximate surface area is 365 Å². The molecule has 0 atom stereocenters. The van der Waals surface area contributed by atoms with Crippen LogP contribution < -0.4 is 0 Å². The zero-order valence-corrected chi connectivity index (χ0v) is 34.5. The maximum absolute atomic E-state index is 5.27. The Morgan fingerprint density at radius 1 is 0.333 bits per heavy atom. The van der Waals surface area contributed by atoms with E-state index in [4.69, 9.17) is 19.9 Å². The number of benzene rings is 7. The molecule has 0 unspecified atom stereocenters. The fraction of sp³-hybridized carbons (Fsp3) is 0. The number of pyridine rings is 2. The number of hydrogen-bond donors (Lipinski definition) is 0. The van der Waals surface area contributed by atoms with Gasteiger partial charge in [0, 0.05) is 44.9 Å². The molecule has 13 rings (SSSR count). The van der Waals surface area contributed by atoms with Crippen LogP contribution in [0, 0.1) is 0 Å². The summed E-state index contributed by atoms with van der Waals surface area (Å²) in [6.07, 6.45) is 1.85. The molecule has 6 aromatic heterocycles. The van der Waals surface area contributed by atoms with Crippen LogP contribution in [0.15, 0.2) is 206 Å². The lowest BCUT2D eigenvalue weighted by atomic mass is 9.97. The van der Waals surface area contributed by atoms with E-state index in [-0.39, 0.29) is 0 Å². The van der Waals surface area contributed by atoms with E-state index in [9.17, 15) is 0 Å². The number of para-hydroxylation sites is 2. The third kappa shape index (κ3) is 5.78. The van der Waals surface area contributed by atoms with Gasteiger partial charge in [-0.3, -0.25) is 14.1 Å². The molecule has 0 aliphatic rings. The second-order valence-corrected chi connectivity index (χ2v) is 17.0. The van der Waals surface area contributed by atoms with E-state index >= 15 is 0 Å². The first kappa shape index (κ1) is 35.5. The first-order valence-corrected chi connectivity index (χ1v) is 21.9. The molecule has 6 nitrogen and oxygen atoms in total. The Kier molecular flexibility index (Phi) is 7.98. The van der Waals surface area contributed by atoms with Crippen molar-refractivity contribution in [2.45, 2.75) is 0 Å². The van der Waals surface area contributed by atoms with Crippen LogP contribution in [0.4, 0.5) is 0 Å². The summed E-state index contributed by atoms with van der Waals surface area (Å²) in [7, 11) is 0. The van der Waals surface area contributed by atoms with Crippen LogP contribution in [-0.2, 0) is 0 Å². The van der Waals surface area contributed by atoms with Crippen LogP contribution in [0.2, 0.25) is 0 Å². The molecule has 7 aromatic carbocycles. The van der Waals surface area contributed by atoms with Gasteiger partial charge in [-0.15, -0.1) is 11.3 Å². The van der Waals surface area contributed by atoms with E-state index in [1.165, 1.54) is 21.5 Å². The zero-order chi connectivity index (χ0) is 41.4. The van der Waals surface area contributed by atoms with Gasteiger partial charge < -0.3 is 0 Å². The van der Waals surface area contributed by atoms with Gasteiger partial charge in [-0.2, -0.15) is 0 Å². The van der Waals surface area contributed by atoms with Crippen LogP contribution in [0.25, 0.3) is 121 Å². The number of nitrogens with zero attached hydrogens (tertiary/aromatic N) is 6. The lowest BCUT2D eigenvalue weighted by Gasteiger charge is -2.12. The van der Waals surface area contributed by atoms with Crippen LogP contribution in [-0.4, -0.2) is 29.1 Å². The third-order valence-electron chi connectivity index (χ3n) is 12.2. The van der Waals surface area contributed by atoms with Crippen LogP contribution >= 0.6 is 11.3 Å². The second kappa shape index (κ2) is 14.2. The molecule has 0 radical (unpaired) electrons. The first-order chi connectivity index (χ1) is 31.2. The Hall–Kier alpha value is -8.26. The molecule has 0 fully saturated rings. The molecule has 0 spiro atoms. The minimum Gasteiger partial charge on any atom is -0.294 e. The van der Waals surface area contributed by atoms with Gasteiger partial charge in [0.15, 0.2) is 5.82 Å². The van der Waals surface area contributed by atoms with Gasteiger partial charge in [-0.05, 0) is 82.9 Å². The Balaban J connectivity index is 0.937. The summed E-state index contributed by atoms with van der Waals surface area (Å²) < 4.78 is 6.87. The molecule has 0 N–H and O–H groups in total. The van der Waals surface area contributed by atoms with Crippen LogP contribution in [0.1, 0.15) is 0 Å². The fourth-order valence-electron chi connectivity index (χ4n) is 9.28. The van der Waals surface area contributed by atoms with Crippen molar-refractivity contribution in [3.8, 4) is 56.5 Å². The number of thiophene rings is 1. The molecule has 294 valence electrons. The van der Waals surface area contributed by atoms with Crippen molar-refractivity contribution >= 4 is 75.4 Å². The van der Waals surface area contributed by atoms with E-state index in [0.717, 1.165) is 93.2 Å². The smallest absolute Gasteiger partial charge is 0.162 e. The monoisotopic (exact) mass is 822 g/mol. The Morgan fingerprint density at radius 2 is 0.937 bits per heavy atom. The lowest BCUT2D eigenvalue weighted by Crippen LogP contribution is -2.02. The number of rotatable bonds is 6. The molecule has 0 amide bonds. The summed E-state index contributed by atoms with van der Waals surface area (Å²) in [4.78, 5) is 20.3. The maximum Gasteiger partial charge on any atom is 0.162 e. The predicted octanol–water partition coefficient (Wildman–Crippen LogP) is 14.5. The summed E-state index contributed by atoms with van der Waals surface area (Å²) in [5, 5.41) is 4.73. The fourth-order valence-corrected chi connectivity index (χ4v) is 10.3. The largest absolute Gasteiger partial charge is 0.294 e. The molecule has 7 heteroatoms. The highest BCUT2D eigenvalue weighted by Gasteiger charge is 2.19. The van der Waals surface area contributed by atoms with E-state index in [2.05, 4.69) is 179 Å². The van der Waals surface area contributed by atoms with Crippen molar-refractivity contribution in [1.82, 2.24) is 29.1 Å². The summed E-state index contributed by atoms with van der Waals surface area (Å²) in [6.45, 7) is 0. The van der Waals surface area contributed by atoms with E-state index in [0.29, 0.717) is 5.82 Å². The summed E-state index contributed by atoms with van der Waals surface area (Å²) in [5.74, 6) is 2.40. The van der Waals surface area contributed by atoms with Crippen LogP contribution in [0.5, 0.6) is 0 Å². The van der Waals surface area contributed by atoms with Gasteiger partial charge in [-0.1, -0.05) is 133 Å². The summed E-state index contributed by atoms with van der Waals surface area (Å²) in [5.41, 5.74) is 13.8. The van der Waals surface area contributed by atoms with Crippen molar-refractivity contribution in [3.05, 3.63) is 206 Å². The van der Waals surface area contributed by atoms with E-state index in [1.807, 2.05) is 36.5 Å². The van der Waals surface area contributed by atoms with Crippen molar-refractivity contribution < 1.29 is 0 Å². The van der Waals surface area contributed by atoms with Gasteiger partial charge >= 0.3 is 0 Å². The molecule has 0 aliphatic heterocycles.